The molecule has 1 aliphatic carbocycles. The van der Waals surface area contributed by atoms with E-state index in [4.69, 9.17) is 16.0 Å². The first-order valence-electron chi connectivity index (χ1n) is 6.48. The normalized spacial score (nSPS) is 23.3. The smallest absolute Gasteiger partial charge is 0.255 e. The Morgan fingerprint density at radius 3 is 2.56 bits per heavy atom. The number of carbonyl (C=O) groups is 1. The lowest BCUT2D eigenvalue weighted by Gasteiger charge is -2.10. The van der Waals surface area contributed by atoms with Crippen LogP contribution in [0.4, 0.5) is 0 Å². The molecule has 100 valence electrons. The SMILES string of the molecule is Cc1oc(C)c(C(=O)NCC2CCC(Cl)C2)c1C. The number of halogens is 1. The zero-order chi connectivity index (χ0) is 13.3. The fourth-order valence-corrected chi connectivity index (χ4v) is 3.03. The zero-order valence-corrected chi connectivity index (χ0v) is 11.9. The van der Waals surface area contributed by atoms with Crippen molar-refractivity contribution in [3.63, 3.8) is 0 Å². The number of rotatable bonds is 3. The summed E-state index contributed by atoms with van der Waals surface area (Å²) in [4.78, 5) is 12.1. The van der Waals surface area contributed by atoms with Gasteiger partial charge in [0.05, 0.1) is 5.56 Å². The third-order valence-corrected chi connectivity index (χ3v) is 4.21. The Kier molecular flexibility index (Phi) is 4.00. The molecular formula is C14H20ClNO2. The number of alkyl halides is 1. The molecule has 1 N–H and O–H groups in total. The average Bonchev–Trinajstić information content (AvgIpc) is 2.82. The Morgan fingerprint density at radius 1 is 1.33 bits per heavy atom. The standard InChI is InChI=1S/C14H20ClNO2/c1-8-9(2)18-10(3)13(8)14(17)16-7-11-4-5-12(15)6-11/h11-12H,4-7H2,1-3H3,(H,16,17). The maximum absolute atomic E-state index is 12.1. The van der Waals surface area contributed by atoms with Crippen LogP contribution in [0.3, 0.4) is 0 Å². The number of hydrogen-bond acceptors (Lipinski definition) is 2. The number of nitrogens with one attached hydrogen (secondary N) is 1. The lowest BCUT2D eigenvalue weighted by molar-refractivity contribution is 0.0945. The first-order valence-corrected chi connectivity index (χ1v) is 6.91. The molecule has 0 saturated heterocycles. The van der Waals surface area contributed by atoms with E-state index in [1.807, 2.05) is 20.8 Å². The van der Waals surface area contributed by atoms with Gasteiger partial charge in [0.25, 0.3) is 5.91 Å². The summed E-state index contributed by atoms with van der Waals surface area (Å²) in [6.07, 6.45) is 3.17. The van der Waals surface area contributed by atoms with Crippen LogP contribution in [0.1, 0.15) is 46.7 Å². The highest BCUT2D eigenvalue weighted by Gasteiger charge is 2.24. The summed E-state index contributed by atoms with van der Waals surface area (Å²) in [6.45, 7) is 6.35. The molecule has 2 unspecified atom stereocenters. The van der Waals surface area contributed by atoms with Crippen LogP contribution in [-0.4, -0.2) is 17.8 Å². The van der Waals surface area contributed by atoms with E-state index in [1.165, 1.54) is 0 Å². The fourth-order valence-electron chi connectivity index (χ4n) is 2.65. The maximum atomic E-state index is 12.1. The van der Waals surface area contributed by atoms with E-state index in [9.17, 15) is 4.79 Å². The minimum Gasteiger partial charge on any atom is -0.466 e. The molecule has 3 nitrogen and oxygen atoms in total. The van der Waals surface area contributed by atoms with Gasteiger partial charge in [-0.1, -0.05) is 0 Å². The van der Waals surface area contributed by atoms with Gasteiger partial charge in [-0.2, -0.15) is 0 Å². The van der Waals surface area contributed by atoms with E-state index < -0.39 is 0 Å². The third-order valence-electron chi connectivity index (χ3n) is 3.82. The molecule has 1 saturated carbocycles. The summed E-state index contributed by atoms with van der Waals surface area (Å²) in [5.41, 5.74) is 1.62. The third kappa shape index (κ3) is 2.72. The number of aryl methyl sites for hydroxylation is 2. The molecule has 18 heavy (non-hydrogen) atoms. The number of hydrogen-bond donors (Lipinski definition) is 1. The monoisotopic (exact) mass is 269 g/mol. The summed E-state index contributed by atoms with van der Waals surface area (Å²) in [5, 5.41) is 3.28. The van der Waals surface area contributed by atoms with Crippen molar-refractivity contribution < 1.29 is 9.21 Å². The van der Waals surface area contributed by atoms with E-state index in [-0.39, 0.29) is 11.3 Å². The maximum Gasteiger partial charge on any atom is 0.255 e. The predicted octanol–water partition coefficient (Wildman–Crippen LogP) is 3.34. The quantitative estimate of drug-likeness (QED) is 0.855. The topological polar surface area (TPSA) is 42.2 Å². The molecule has 2 atom stereocenters. The predicted molar refractivity (Wildman–Crippen MR) is 72.2 cm³/mol. The largest absolute Gasteiger partial charge is 0.466 e. The van der Waals surface area contributed by atoms with Gasteiger partial charge in [0, 0.05) is 17.5 Å². The van der Waals surface area contributed by atoms with Gasteiger partial charge in [0.2, 0.25) is 0 Å². The summed E-state index contributed by atoms with van der Waals surface area (Å²) in [5.74, 6) is 2.01. The fraction of sp³-hybridized carbons (Fsp3) is 0.643. The molecule has 1 aromatic heterocycles. The Labute approximate surface area is 113 Å². The van der Waals surface area contributed by atoms with Gasteiger partial charge < -0.3 is 9.73 Å². The molecule has 0 radical (unpaired) electrons. The Morgan fingerprint density at radius 2 is 2.06 bits per heavy atom. The summed E-state index contributed by atoms with van der Waals surface area (Å²) in [6, 6.07) is 0. The highest BCUT2D eigenvalue weighted by Crippen LogP contribution is 2.29. The van der Waals surface area contributed by atoms with Gasteiger partial charge in [0.1, 0.15) is 11.5 Å². The van der Waals surface area contributed by atoms with Crippen LogP contribution >= 0.6 is 11.6 Å². The molecule has 0 aromatic carbocycles. The first kappa shape index (κ1) is 13.5. The Balaban J connectivity index is 1.95. The average molecular weight is 270 g/mol. The first-order chi connectivity index (χ1) is 8.49. The summed E-state index contributed by atoms with van der Waals surface area (Å²) in [7, 11) is 0. The lowest BCUT2D eigenvalue weighted by Crippen LogP contribution is -2.29. The van der Waals surface area contributed by atoms with E-state index in [2.05, 4.69) is 5.32 Å². The Hall–Kier alpha value is -0.960. The summed E-state index contributed by atoms with van der Waals surface area (Å²) >= 11 is 6.07. The van der Waals surface area contributed by atoms with Gasteiger partial charge in [-0.15, -0.1) is 11.6 Å². The van der Waals surface area contributed by atoms with E-state index >= 15 is 0 Å². The van der Waals surface area contributed by atoms with Gasteiger partial charge in [-0.05, 0) is 46.0 Å². The highest BCUT2D eigenvalue weighted by atomic mass is 35.5. The van der Waals surface area contributed by atoms with Crippen molar-refractivity contribution in [1.82, 2.24) is 5.32 Å². The number of carbonyl (C=O) groups excluding carboxylic acids is 1. The van der Waals surface area contributed by atoms with Crippen molar-refractivity contribution in [2.24, 2.45) is 5.92 Å². The van der Waals surface area contributed by atoms with Gasteiger partial charge >= 0.3 is 0 Å². The second-order valence-corrected chi connectivity index (χ2v) is 5.82. The zero-order valence-electron chi connectivity index (χ0n) is 11.2. The van der Waals surface area contributed by atoms with Crippen molar-refractivity contribution in [3.8, 4) is 0 Å². The summed E-state index contributed by atoms with van der Waals surface area (Å²) < 4.78 is 5.47. The highest BCUT2D eigenvalue weighted by molar-refractivity contribution is 6.20. The minimum atomic E-state index is -0.0279. The van der Waals surface area contributed by atoms with Crippen molar-refractivity contribution in [3.05, 3.63) is 22.6 Å². The van der Waals surface area contributed by atoms with Crippen LogP contribution in [-0.2, 0) is 0 Å². The number of amides is 1. The van der Waals surface area contributed by atoms with Crippen LogP contribution in [0.2, 0.25) is 0 Å². The van der Waals surface area contributed by atoms with Gasteiger partial charge in [-0.25, -0.2) is 0 Å². The minimum absolute atomic E-state index is 0.0279. The second kappa shape index (κ2) is 5.35. The Bertz CT molecular complexity index is 453. The van der Waals surface area contributed by atoms with Crippen molar-refractivity contribution in [2.45, 2.75) is 45.4 Å². The molecule has 1 fully saturated rings. The lowest BCUT2D eigenvalue weighted by atomic mass is 10.1. The molecule has 0 spiro atoms. The van der Waals surface area contributed by atoms with Crippen molar-refractivity contribution in [1.29, 1.82) is 0 Å². The van der Waals surface area contributed by atoms with E-state index in [0.29, 0.717) is 23.8 Å². The molecule has 1 aliphatic rings. The van der Waals surface area contributed by atoms with Gasteiger partial charge in [-0.3, -0.25) is 4.79 Å². The molecule has 2 rings (SSSR count). The van der Waals surface area contributed by atoms with Crippen LogP contribution in [0.15, 0.2) is 4.42 Å². The van der Waals surface area contributed by atoms with E-state index in [0.717, 1.165) is 30.6 Å². The second-order valence-electron chi connectivity index (χ2n) is 5.20. The molecule has 0 bridgehead atoms. The number of furan rings is 1. The molecule has 1 heterocycles. The molecule has 1 aromatic rings. The van der Waals surface area contributed by atoms with Crippen LogP contribution in [0.5, 0.6) is 0 Å². The molecule has 0 aliphatic heterocycles. The van der Waals surface area contributed by atoms with Crippen LogP contribution in [0, 0.1) is 26.7 Å². The van der Waals surface area contributed by atoms with Crippen molar-refractivity contribution in [2.75, 3.05) is 6.54 Å². The van der Waals surface area contributed by atoms with E-state index in [1.54, 1.807) is 0 Å². The molecule has 4 heteroatoms. The molecular weight excluding hydrogens is 250 g/mol. The van der Waals surface area contributed by atoms with Crippen LogP contribution < -0.4 is 5.32 Å². The molecule has 1 amide bonds. The van der Waals surface area contributed by atoms with Gasteiger partial charge in [0.15, 0.2) is 0 Å². The van der Waals surface area contributed by atoms with Crippen LogP contribution in [0.25, 0.3) is 0 Å². The van der Waals surface area contributed by atoms with Crippen molar-refractivity contribution >= 4 is 17.5 Å².